The maximum Gasteiger partial charge on any atom is 0.238 e. The van der Waals surface area contributed by atoms with E-state index in [9.17, 15) is 14.4 Å². The van der Waals surface area contributed by atoms with Crippen LogP contribution in [-0.2, 0) is 9.59 Å². The first kappa shape index (κ1) is 20.6. The molecular weight excluding hydrogens is 426 g/mol. The van der Waals surface area contributed by atoms with Gasteiger partial charge in [-0.15, -0.1) is 0 Å². The van der Waals surface area contributed by atoms with Gasteiger partial charge >= 0.3 is 0 Å². The van der Waals surface area contributed by atoms with E-state index in [2.05, 4.69) is 12.2 Å². The number of hydrogen-bond donors (Lipinski definition) is 0. The van der Waals surface area contributed by atoms with Crippen LogP contribution in [-0.4, -0.2) is 24.2 Å². The van der Waals surface area contributed by atoms with Gasteiger partial charge in [0.2, 0.25) is 11.8 Å². The molecule has 2 amide bonds. The summed E-state index contributed by atoms with van der Waals surface area (Å²) >= 11 is 0. The fraction of sp³-hybridized carbons (Fsp3) is 0.207. The molecule has 0 spiro atoms. The highest BCUT2D eigenvalue weighted by atomic mass is 16.5. The number of carbonyl (C=O) groups excluding carboxylic acids is 3. The lowest BCUT2D eigenvalue weighted by Crippen LogP contribution is -2.33. The van der Waals surface area contributed by atoms with Gasteiger partial charge in [0.15, 0.2) is 12.4 Å². The second-order valence-corrected chi connectivity index (χ2v) is 9.13. The molecule has 1 aliphatic heterocycles. The molecule has 5 nitrogen and oxygen atoms in total. The standard InChI is InChI=1S/C29H23NO4/c31-24(20-12-10-19(11-13-20)18-6-2-1-3-7-18)17-34-25-9-5-4-8-23(25)30-28(32)26-21-14-15-22(16-21)27(26)29(30)33/h1-15,21-22,26-27H,16-17H2/t21-,22-,26+,27+/m0/s1. The first-order chi connectivity index (χ1) is 16.6. The monoisotopic (exact) mass is 449 g/mol. The lowest BCUT2D eigenvalue weighted by Gasteiger charge is -2.20. The van der Waals surface area contributed by atoms with Gasteiger partial charge in [0.05, 0.1) is 17.5 Å². The number of rotatable bonds is 6. The van der Waals surface area contributed by atoms with E-state index < -0.39 is 0 Å². The van der Waals surface area contributed by atoms with Crippen molar-refractivity contribution >= 4 is 23.3 Å². The number of carbonyl (C=O) groups is 3. The van der Waals surface area contributed by atoms with Crippen molar-refractivity contribution in [2.75, 3.05) is 11.5 Å². The molecule has 4 atom stereocenters. The molecule has 3 aromatic rings. The number of amides is 2. The van der Waals surface area contributed by atoms with E-state index >= 15 is 0 Å². The van der Waals surface area contributed by atoms with Gasteiger partial charge in [0.1, 0.15) is 5.75 Å². The van der Waals surface area contributed by atoms with E-state index in [0.717, 1.165) is 17.5 Å². The van der Waals surface area contributed by atoms with Crippen LogP contribution in [0, 0.1) is 23.7 Å². The molecule has 168 valence electrons. The Kier molecular flexibility index (Phi) is 4.91. The second kappa shape index (κ2) is 8.10. The van der Waals surface area contributed by atoms with E-state index in [1.807, 2.05) is 42.5 Å². The lowest BCUT2D eigenvalue weighted by molar-refractivity contribution is -0.123. The van der Waals surface area contributed by atoms with Crippen LogP contribution in [0.15, 0.2) is 91.0 Å². The molecule has 34 heavy (non-hydrogen) atoms. The summed E-state index contributed by atoms with van der Waals surface area (Å²) in [6.45, 7) is -0.183. The smallest absolute Gasteiger partial charge is 0.238 e. The molecule has 3 aromatic carbocycles. The van der Waals surface area contributed by atoms with Crippen LogP contribution in [0.1, 0.15) is 16.8 Å². The summed E-state index contributed by atoms with van der Waals surface area (Å²) < 4.78 is 5.86. The number of hydrogen-bond acceptors (Lipinski definition) is 4. The summed E-state index contributed by atoms with van der Waals surface area (Å²) in [6.07, 6.45) is 5.03. The summed E-state index contributed by atoms with van der Waals surface area (Å²) in [5.41, 5.74) is 3.07. The predicted octanol–water partition coefficient (Wildman–Crippen LogP) is 4.93. The number of nitrogens with zero attached hydrogens (tertiary/aromatic N) is 1. The first-order valence-corrected chi connectivity index (χ1v) is 11.6. The Labute approximate surface area is 197 Å². The Morgan fingerprint density at radius 2 is 1.35 bits per heavy atom. The zero-order valence-corrected chi connectivity index (χ0v) is 18.5. The molecule has 6 rings (SSSR count). The Bertz CT molecular complexity index is 1280. The van der Waals surface area contributed by atoms with Crippen molar-refractivity contribution in [1.29, 1.82) is 0 Å². The quantitative estimate of drug-likeness (QED) is 0.304. The van der Waals surface area contributed by atoms with Gasteiger partial charge in [0.25, 0.3) is 0 Å². The predicted molar refractivity (Wildman–Crippen MR) is 128 cm³/mol. The van der Waals surface area contributed by atoms with Crippen LogP contribution in [0.5, 0.6) is 5.75 Å². The molecule has 5 heteroatoms. The number of para-hydroxylation sites is 2. The third-order valence-corrected chi connectivity index (χ3v) is 7.25. The Hall–Kier alpha value is -3.99. The van der Waals surface area contributed by atoms with Crippen molar-refractivity contribution in [2.24, 2.45) is 23.7 Å². The van der Waals surface area contributed by atoms with Gasteiger partial charge in [0, 0.05) is 5.56 Å². The van der Waals surface area contributed by atoms with E-state index in [4.69, 9.17) is 4.74 Å². The number of Topliss-reactive ketones (excluding diaryl/α,β-unsaturated/α-hetero) is 1. The first-order valence-electron chi connectivity index (χ1n) is 11.6. The van der Waals surface area contributed by atoms with Crippen molar-refractivity contribution in [1.82, 2.24) is 0 Å². The summed E-state index contributed by atoms with van der Waals surface area (Å²) in [7, 11) is 0. The van der Waals surface area contributed by atoms with Gasteiger partial charge in [-0.25, -0.2) is 4.90 Å². The number of fused-ring (bicyclic) bond motifs is 5. The van der Waals surface area contributed by atoms with Crippen LogP contribution in [0.3, 0.4) is 0 Å². The van der Waals surface area contributed by atoms with Crippen LogP contribution >= 0.6 is 0 Å². The molecule has 0 N–H and O–H groups in total. The van der Waals surface area contributed by atoms with Crippen LogP contribution in [0.25, 0.3) is 11.1 Å². The molecule has 1 heterocycles. The number of anilines is 1. The van der Waals surface area contributed by atoms with Crippen LogP contribution in [0.4, 0.5) is 5.69 Å². The van der Waals surface area contributed by atoms with E-state index in [0.29, 0.717) is 17.0 Å². The fourth-order valence-electron chi connectivity index (χ4n) is 5.61. The summed E-state index contributed by atoms with van der Waals surface area (Å²) in [6, 6.07) is 24.3. The van der Waals surface area contributed by atoms with Gasteiger partial charge < -0.3 is 4.74 Å². The Morgan fingerprint density at radius 3 is 2.03 bits per heavy atom. The number of imide groups is 1. The van der Waals surface area contributed by atoms with E-state index in [1.54, 1.807) is 36.4 Å². The van der Waals surface area contributed by atoms with Gasteiger partial charge in [-0.05, 0) is 41.5 Å². The number of ketones is 1. The van der Waals surface area contributed by atoms with Gasteiger partial charge in [-0.2, -0.15) is 0 Å². The zero-order valence-electron chi connectivity index (χ0n) is 18.5. The van der Waals surface area contributed by atoms with E-state index in [1.165, 1.54) is 4.90 Å². The summed E-state index contributed by atoms with van der Waals surface area (Å²) in [5.74, 6) is -0.404. The molecule has 2 aliphatic carbocycles. The third kappa shape index (κ3) is 3.27. The minimum Gasteiger partial charge on any atom is -0.483 e. The SMILES string of the molecule is O=C(COc1ccccc1N1C(=O)[C@H]2[C@H](C1=O)[C@H]1C=C[C@H]2C1)c1ccc(-c2ccccc2)cc1. The van der Waals surface area contributed by atoms with Crippen molar-refractivity contribution in [2.45, 2.75) is 6.42 Å². The number of benzene rings is 3. The molecule has 3 aliphatic rings. The third-order valence-electron chi connectivity index (χ3n) is 7.25. The molecule has 1 saturated heterocycles. The Morgan fingerprint density at radius 1 is 0.765 bits per heavy atom. The Balaban J connectivity index is 1.18. The number of ether oxygens (including phenoxy) is 1. The summed E-state index contributed by atoms with van der Waals surface area (Å²) in [4.78, 5) is 40.5. The highest BCUT2D eigenvalue weighted by molar-refractivity contribution is 6.23. The van der Waals surface area contributed by atoms with Crippen molar-refractivity contribution in [3.8, 4) is 16.9 Å². The molecule has 1 saturated carbocycles. The van der Waals surface area contributed by atoms with Gasteiger partial charge in [-0.1, -0.05) is 78.9 Å². The number of allylic oxidation sites excluding steroid dienone is 2. The van der Waals surface area contributed by atoms with Crippen molar-refractivity contribution < 1.29 is 19.1 Å². The fourth-order valence-corrected chi connectivity index (χ4v) is 5.61. The average molecular weight is 450 g/mol. The van der Waals surface area contributed by atoms with Crippen molar-refractivity contribution in [3.05, 3.63) is 96.6 Å². The maximum absolute atomic E-state index is 13.2. The lowest BCUT2D eigenvalue weighted by atomic mass is 9.85. The van der Waals surface area contributed by atoms with Crippen LogP contribution < -0.4 is 9.64 Å². The molecule has 0 radical (unpaired) electrons. The summed E-state index contributed by atoms with van der Waals surface area (Å²) in [5, 5.41) is 0. The van der Waals surface area contributed by atoms with Gasteiger partial charge in [-0.3, -0.25) is 14.4 Å². The average Bonchev–Trinajstić information content (AvgIpc) is 3.57. The van der Waals surface area contributed by atoms with Crippen molar-refractivity contribution in [3.63, 3.8) is 0 Å². The highest BCUT2D eigenvalue weighted by Crippen LogP contribution is 2.53. The largest absolute Gasteiger partial charge is 0.483 e. The van der Waals surface area contributed by atoms with Crippen LogP contribution in [0.2, 0.25) is 0 Å². The topological polar surface area (TPSA) is 63.7 Å². The molecule has 0 aromatic heterocycles. The molecule has 2 bridgehead atoms. The second-order valence-electron chi connectivity index (χ2n) is 9.13. The molecule has 2 fully saturated rings. The minimum absolute atomic E-state index is 0.143. The molecular formula is C29H23NO4. The van der Waals surface area contributed by atoms with E-state index in [-0.39, 0.29) is 47.9 Å². The zero-order chi connectivity index (χ0) is 23.2. The maximum atomic E-state index is 13.2. The minimum atomic E-state index is -0.277. The highest BCUT2D eigenvalue weighted by Gasteiger charge is 2.59. The molecule has 0 unspecified atom stereocenters. The normalized spacial score (nSPS) is 24.5.